The van der Waals surface area contributed by atoms with E-state index in [1.165, 1.54) is 32.1 Å². The lowest BCUT2D eigenvalue weighted by molar-refractivity contribution is -0.132. The Hall–Kier alpha value is -2.08. The average molecular weight is 389 g/mol. The third kappa shape index (κ3) is 4.43. The summed E-state index contributed by atoms with van der Waals surface area (Å²) in [5.74, 6) is 1.44. The first-order valence-electron chi connectivity index (χ1n) is 9.81. The number of aromatic nitrogens is 2. The van der Waals surface area contributed by atoms with Crippen LogP contribution >= 0.6 is 11.6 Å². The number of nitrogens with zero attached hydrogens (tertiary/aromatic N) is 4. The Labute approximate surface area is 164 Å². The van der Waals surface area contributed by atoms with Gasteiger partial charge in [-0.25, -0.2) is 0 Å². The number of benzene rings is 1. The van der Waals surface area contributed by atoms with Crippen molar-refractivity contribution in [1.82, 2.24) is 15.0 Å². The van der Waals surface area contributed by atoms with Gasteiger partial charge < -0.3 is 14.3 Å². The molecule has 144 valence electrons. The summed E-state index contributed by atoms with van der Waals surface area (Å²) in [5.41, 5.74) is 0.871. The molecule has 6 nitrogen and oxygen atoms in total. The van der Waals surface area contributed by atoms with E-state index in [4.69, 9.17) is 16.1 Å². The standard InChI is InChI=1S/C20H25ClN4O2/c21-17-8-6-16(7-9-17)19-22-20(27-23-19)25-12-10-24(11-13-25)18(26)14-15-4-2-1-3-5-15/h6-9,15H,1-5,10-14H2. The van der Waals surface area contributed by atoms with Crippen LogP contribution in [0.25, 0.3) is 11.4 Å². The normalized spacial score (nSPS) is 18.7. The van der Waals surface area contributed by atoms with Crippen LogP contribution in [0.2, 0.25) is 5.02 Å². The summed E-state index contributed by atoms with van der Waals surface area (Å²) >= 11 is 5.92. The minimum absolute atomic E-state index is 0.300. The Morgan fingerprint density at radius 2 is 1.78 bits per heavy atom. The Balaban J connectivity index is 1.31. The summed E-state index contributed by atoms with van der Waals surface area (Å²) < 4.78 is 5.43. The van der Waals surface area contributed by atoms with Crippen LogP contribution in [0.4, 0.5) is 6.01 Å². The highest BCUT2D eigenvalue weighted by atomic mass is 35.5. The van der Waals surface area contributed by atoms with Crippen LogP contribution in [-0.4, -0.2) is 47.1 Å². The van der Waals surface area contributed by atoms with Crippen LogP contribution in [0, 0.1) is 5.92 Å². The number of halogens is 1. The molecule has 27 heavy (non-hydrogen) atoms. The van der Waals surface area contributed by atoms with Crippen molar-refractivity contribution in [2.24, 2.45) is 5.92 Å². The first-order chi connectivity index (χ1) is 13.2. The number of amides is 1. The number of piperazine rings is 1. The fourth-order valence-corrected chi connectivity index (χ4v) is 4.10. The van der Waals surface area contributed by atoms with Gasteiger partial charge >= 0.3 is 6.01 Å². The lowest BCUT2D eigenvalue weighted by atomic mass is 9.86. The van der Waals surface area contributed by atoms with Crippen LogP contribution in [0.15, 0.2) is 28.8 Å². The van der Waals surface area contributed by atoms with Gasteiger partial charge in [0.25, 0.3) is 0 Å². The molecule has 1 aromatic heterocycles. The van der Waals surface area contributed by atoms with Gasteiger partial charge in [0.1, 0.15) is 0 Å². The molecule has 1 aliphatic carbocycles. The lowest BCUT2D eigenvalue weighted by Gasteiger charge is -2.34. The van der Waals surface area contributed by atoms with Crippen LogP contribution in [0.1, 0.15) is 38.5 Å². The molecule has 1 aromatic carbocycles. The lowest BCUT2D eigenvalue weighted by Crippen LogP contribution is -2.49. The van der Waals surface area contributed by atoms with Crippen molar-refractivity contribution in [3.05, 3.63) is 29.3 Å². The molecule has 0 N–H and O–H groups in total. The van der Waals surface area contributed by atoms with Gasteiger partial charge in [0, 0.05) is 43.2 Å². The molecule has 1 saturated heterocycles. The predicted octanol–water partition coefficient (Wildman–Crippen LogP) is 4.01. The second kappa shape index (κ2) is 8.30. The minimum Gasteiger partial charge on any atom is -0.339 e. The molecule has 2 fully saturated rings. The molecule has 0 spiro atoms. The van der Waals surface area contributed by atoms with E-state index in [1.807, 2.05) is 29.2 Å². The maximum atomic E-state index is 12.6. The Morgan fingerprint density at radius 3 is 2.48 bits per heavy atom. The van der Waals surface area contributed by atoms with Crippen molar-refractivity contribution < 1.29 is 9.32 Å². The van der Waals surface area contributed by atoms with E-state index >= 15 is 0 Å². The van der Waals surface area contributed by atoms with Crippen molar-refractivity contribution in [2.75, 3.05) is 31.1 Å². The van der Waals surface area contributed by atoms with Gasteiger partial charge in [0.05, 0.1) is 0 Å². The van der Waals surface area contributed by atoms with Crippen LogP contribution in [0.3, 0.4) is 0 Å². The average Bonchev–Trinajstić information content (AvgIpc) is 3.20. The monoisotopic (exact) mass is 388 g/mol. The SMILES string of the molecule is O=C(CC1CCCCC1)N1CCN(c2nc(-c3ccc(Cl)cc3)no2)CC1. The maximum Gasteiger partial charge on any atom is 0.324 e. The van der Waals surface area contributed by atoms with Gasteiger partial charge in [0.15, 0.2) is 0 Å². The maximum absolute atomic E-state index is 12.6. The van der Waals surface area contributed by atoms with Gasteiger partial charge in [-0.15, -0.1) is 0 Å². The minimum atomic E-state index is 0.300. The third-order valence-corrected chi connectivity index (χ3v) is 5.86. The van der Waals surface area contributed by atoms with Crippen molar-refractivity contribution in [3.63, 3.8) is 0 Å². The van der Waals surface area contributed by atoms with Crippen molar-refractivity contribution in [1.29, 1.82) is 0 Å². The molecule has 2 aliphatic rings. The van der Waals surface area contributed by atoms with E-state index < -0.39 is 0 Å². The fraction of sp³-hybridized carbons (Fsp3) is 0.550. The fourth-order valence-electron chi connectivity index (χ4n) is 3.97. The molecule has 1 saturated carbocycles. The highest BCUT2D eigenvalue weighted by Crippen LogP contribution is 2.27. The molecular weight excluding hydrogens is 364 g/mol. The number of hydrogen-bond acceptors (Lipinski definition) is 5. The van der Waals surface area contributed by atoms with Gasteiger partial charge in [-0.2, -0.15) is 4.98 Å². The molecule has 1 amide bonds. The molecule has 0 bridgehead atoms. The number of hydrogen-bond donors (Lipinski definition) is 0. The second-order valence-corrected chi connectivity index (χ2v) is 7.92. The van der Waals surface area contributed by atoms with E-state index in [1.54, 1.807) is 0 Å². The number of carbonyl (C=O) groups excluding carboxylic acids is 1. The van der Waals surface area contributed by atoms with Crippen LogP contribution in [0.5, 0.6) is 0 Å². The zero-order chi connectivity index (χ0) is 18.6. The molecule has 0 unspecified atom stereocenters. The zero-order valence-corrected chi connectivity index (χ0v) is 16.2. The molecule has 2 heterocycles. The number of carbonyl (C=O) groups is 1. The molecule has 2 aromatic rings. The third-order valence-electron chi connectivity index (χ3n) is 5.61. The topological polar surface area (TPSA) is 62.5 Å². The summed E-state index contributed by atoms with van der Waals surface area (Å²) in [6.45, 7) is 2.87. The summed E-state index contributed by atoms with van der Waals surface area (Å²) in [7, 11) is 0. The smallest absolute Gasteiger partial charge is 0.324 e. The van der Waals surface area contributed by atoms with E-state index in [-0.39, 0.29) is 0 Å². The van der Waals surface area contributed by atoms with Gasteiger partial charge in [-0.3, -0.25) is 4.79 Å². The Morgan fingerprint density at radius 1 is 1.07 bits per heavy atom. The van der Waals surface area contributed by atoms with Crippen molar-refractivity contribution >= 4 is 23.5 Å². The summed E-state index contributed by atoms with van der Waals surface area (Å²) in [6, 6.07) is 7.88. The molecular formula is C20H25ClN4O2. The van der Waals surface area contributed by atoms with Crippen molar-refractivity contribution in [2.45, 2.75) is 38.5 Å². The molecule has 4 rings (SSSR count). The first-order valence-corrected chi connectivity index (χ1v) is 10.2. The van der Waals surface area contributed by atoms with E-state index in [9.17, 15) is 4.79 Å². The van der Waals surface area contributed by atoms with E-state index in [0.29, 0.717) is 48.2 Å². The Bertz CT molecular complexity index is 763. The molecule has 0 atom stereocenters. The van der Waals surface area contributed by atoms with Crippen molar-refractivity contribution in [3.8, 4) is 11.4 Å². The van der Waals surface area contributed by atoms with E-state index in [2.05, 4.69) is 15.0 Å². The number of rotatable bonds is 4. The Kier molecular flexibility index (Phi) is 5.62. The quantitative estimate of drug-likeness (QED) is 0.791. The first kappa shape index (κ1) is 18.3. The summed E-state index contributed by atoms with van der Waals surface area (Å²) in [4.78, 5) is 21.1. The van der Waals surface area contributed by atoms with Gasteiger partial charge in [-0.1, -0.05) is 36.0 Å². The highest BCUT2D eigenvalue weighted by Gasteiger charge is 2.26. The van der Waals surface area contributed by atoms with Gasteiger partial charge in [-0.05, 0) is 43.0 Å². The highest BCUT2D eigenvalue weighted by molar-refractivity contribution is 6.30. The molecule has 0 radical (unpaired) electrons. The molecule has 1 aliphatic heterocycles. The van der Waals surface area contributed by atoms with Crippen LogP contribution < -0.4 is 4.90 Å². The van der Waals surface area contributed by atoms with E-state index in [0.717, 1.165) is 18.7 Å². The molecule has 7 heteroatoms. The number of anilines is 1. The largest absolute Gasteiger partial charge is 0.339 e. The zero-order valence-electron chi connectivity index (χ0n) is 15.4. The van der Waals surface area contributed by atoms with Gasteiger partial charge in [0.2, 0.25) is 11.7 Å². The van der Waals surface area contributed by atoms with Crippen LogP contribution in [-0.2, 0) is 4.79 Å². The second-order valence-electron chi connectivity index (χ2n) is 7.48. The predicted molar refractivity (Wildman–Crippen MR) is 105 cm³/mol. The summed E-state index contributed by atoms with van der Waals surface area (Å²) in [6.07, 6.45) is 7.01. The summed E-state index contributed by atoms with van der Waals surface area (Å²) in [5, 5.41) is 4.75.